The van der Waals surface area contributed by atoms with Crippen molar-refractivity contribution < 1.29 is 12.6 Å². The average Bonchev–Trinajstić information content (AvgIpc) is 1.19. The number of rotatable bonds is 0. The van der Waals surface area contributed by atoms with Crippen LogP contribution >= 0.6 is 32.0 Å². The zero-order valence-electron chi connectivity index (χ0n) is 4.18. The molecule has 0 saturated heterocycles. The van der Waals surface area contributed by atoms with Gasteiger partial charge in [0.15, 0.2) is 0 Å². The third-order valence-corrected chi connectivity index (χ3v) is 0. The molecule has 58 valence electrons. The minimum absolute atomic E-state index is 0.925. The SMILES string of the molecule is CS(=O)(=O)Cl.O=S(Cl)Cl. The normalized spacial score (nSPS) is 10.3. The van der Waals surface area contributed by atoms with Gasteiger partial charge in [-0.1, -0.05) is 0 Å². The Labute approximate surface area is 69.2 Å². The summed E-state index contributed by atoms with van der Waals surface area (Å²) in [4.78, 5) is 0. The second-order valence-electron chi connectivity index (χ2n) is 0.866. The summed E-state index contributed by atoms with van der Waals surface area (Å²) in [6, 6.07) is 0. The van der Waals surface area contributed by atoms with Gasteiger partial charge in [0.05, 0.1) is 6.26 Å². The summed E-state index contributed by atoms with van der Waals surface area (Å²) >= 11 is 0. The smallest absolute Gasteiger partial charge is 0.225 e. The van der Waals surface area contributed by atoms with Gasteiger partial charge >= 0.3 is 0 Å². The lowest BCUT2D eigenvalue weighted by molar-refractivity contribution is 0.615. The van der Waals surface area contributed by atoms with E-state index in [9.17, 15) is 8.42 Å². The Hall–Kier alpha value is 0.970. The molecule has 0 aliphatic rings. The average molecular weight is 234 g/mol. The molecule has 0 atom stereocenters. The Bertz CT molecular complexity index is 159. The van der Waals surface area contributed by atoms with Crippen molar-refractivity contribution >= 4 is 50.3 Å². The summed E-state index contributed by atoms with van der Waals surface area (Å²) in [5.74, 6) is 0. The van der Waals surface area contributed by atoms with Crippen LogP contribution in [0.1, 0.15) is 0 Å². The Kier molecular flexibility index (Phi) is 8.04. The molecule has 0 spiro atoms. The highest BCUT2D eigenvalue weighted by atomic mass is 36.0. The standard InChI is InChI=1S/CH3ClO2S.Cl2OS/c1-5(2,3)4;1-4(2)3/h1H3;. The van der Waals surface area contributed by atoms with Gasteiger partial charge in [0.2, 0.25) is 18.3 Å². The molecular weight excluding hydrogens is 231 g/mol. The van der Waals surface area contributed by atoms with E-state index in [1.165, 1.54) is 0 Å². The van der Waals surface area contributed by atoms with Crippen molar-refractivity contribution in [3.63, 3.8) is 0 Å². The van der Waals surface area contributed by atoms with Gasteiger partial charge in [0.25, 0.3) is 0 Å². The predicted octanol–water partition coefficient (Wildman–Crippen LogP) is 1.23. The van der Waals surface area contributed by atoms with Gasteiger partial charge in [-0.25, -0.2) is 12.6 Å². The molecule has 0 radical (unpaired) electrons. The van der Waals surface area contributed by atoms with Crippen molar-refractivity contribution in [2.45, 2.75) is 0 Å². The maximum absolute atomic E-state index is 9.40. The van der Waals surface area contributed by atoms with E-state index in [1.807, 2.05) is 0 Å². The van der Waals surface area contributed by atoms with Crippen LogP contribution < -0.4 is 0 Å². The van der Waals surface area contributed by atoms with Crippen molar-refractivity contribution in [2.24, 2.45) is 0 Å². The van der Waals surface area contributed by atoms with Crippen LogP contribution in [-0.2, 0) is 18.3 Å². The number of hydrogen-bond donors (Lipinski definition) is 0. The molecule has 0 unspecified atom stereocenters. The first kappa shape index (κ1) is 12.6. The molecular formula is CH3Cl3O3S2. The van der Waals surface area contributed by atoms with E-state index in [4.69, 9.17) is 4.21 Å². The number of halogens is 3. The first-order valence-corrected chi connectivity index (χ1v) is 6.89. The highest BCUT2D eigenvalue weighted by molar-refractivity contribution is 8.26. The van der Waals surface area contributed by atoms with Gasteiger partial charge in [0, 0.05) is 32.0 Å². The third-order valence-electron chi connectivity index (χ3n) is 0. The molecule has 0 rings (SSSR count). The fourth-order valence-corrected chi connectivity index (χ4v) is 0. The lowest BCUT2D eigenvalue weighted by atomic mass is 12.0. The molecule has 0 amide bonds. The van der Waals surface area contributed by atoms with Gasteiger partial charge in [-0.2, -0.15) is 0 Å². The van der Waals surface area contributed by atoms with Crippen molar-refractivity contribution in [2.75, 3.05) is 6.26 Å². The van der Waals surface area contributed by atoms with Crippen molar-refractivity contribution in [3.05, 3.63) is 0 Å². The third kappa shape index (κ3) is 463. The first-order valence-electron chi connectivity index (χ1n) is 1.37. The zero-order valence-corrected chi connectivity index (χ0v) is 8.08. The summed E-state index contributed by atoms with van der Waals surface area (Å²) < 4.78 is 27.9. The molecule has 9 heavy (non-hydrogen) atoms. The topological polar surface area (TPSA) is 51.2 Å². The Morgan fingerprint density at radius 2 is 1.33 bits per heavy atom. The summed E-state index contributed by atoms with van der Waals surface area (Å²) in [5, 5.41) is 0. The van der Waals surface area contributed by atoms with E-state index in [1.54, 1.807) is 0 Å². The molecule has 0 aromatic carbocycles. The Balaban J connectivity index is 0. The van der Waals surface area contributed by atoms with E-state index < -0.39 is 18.3 Å². The van der Waals surface area contributed by atoms with E-state index >= 15 is 0 Å². The first-order chi connectivity index (χ1) is 3.73. The lowest BCUT2D eigenvalue weighted by Crippen LogP contribution is -1.76. The minimum Gasteiger partial charge on any atom is -0.225 e. The van der Waals surface area contributed by atoms with E-state index in [0.717, 1.165) is 6.26 Å². The van der Waals surface area contributed by atoms with Crippen LogP contribution in [0.25, 0.3) is 0 Å². The summed E-state index contributed by atoms with van der Waals surface area (Å²) in [6.45, 7) is 0. The summed E-state index contributed by atoms with van der Waals surface area (Å²) in [7, 11) is 8.67. The van der Waals surface area contributed by atoms with Gasteiger partial charge in [-0.3, -0.25) is 0 Å². The van der Waals surface area contributed by atoms with Crippen molar-refractivity contribution in [1.82, 2.24) is 0 Å². The molecule has 0 aromatic heterocycles. The Morgan fingerprint density at radius 3 is 1.33 bits per heavy atom. The van der Waals surface area contributed by atoms with Gasteiger partial charge in [-0.05, 0) is 0 Å². The molecule has 0 aliphatic heterocycles. The second kappa shape index (κ2) is 5.73. The summed E-state index contributed by atoms with van der Waals surface area (Å²) in [5.41, 5.74) is 0. The molecule has 0 N–H and O–H groups in total. The van der Waals surface area contributed by atoms with Crippen LogP contribution in [0.15, 0.2) is 0 Å². The molecule has 0 fully saturated rings. The van der Waals surface area contributed by atoms with Crippen molar-refractivity contribution in [3.8, 4) is 0 Å². The van der Waals surface area contributed by atoms with Crippen LogP contribution in [0.4, 0.5) is 0 Å². The Morgan fingerprint density at radius 1 is 1.33 bits per heavy atom. The molecule has 8 heteroatoms. The van der Waals surface area contributed by atoms with E-state index in [0.29, 0.717) is 0 Å². The van der Waals surface area contributed by atoms with Crippen LogP contribution in [0.3, 0.4) is 0 Å². The largest absolute Gasteiger partial charge is 0.229 e. The van der Waals surface area contributed by atoms with E-state index in [2.05, 4.69) is 32.0 Å². The van der Waals surface area contributed by atoms with Gasteiger partial charge in [0.1, 0.15) is 0 Å². The zero-order chi connectivity index (χ0) is 8.08. The molecule has 3 nitrogen and oxygen atoms in total. The van der Waals surface area contributed by atoms with Crippen LogP contribution in [-0.4, -0.2) is 18.9 Å². The molecule has 0 heterocycles. The highest BCUT2D eigenvalue weighted by Crippen LogP contribution is 1.89. The quantitative estimate of drug-likeness (QED) is 0.591. The van der Waals surface area contributed by atoms with Gasteiger partial charge in [-0.15, -0.1) is 0 Å². The lowest BCUT2D eigenvalue weighted by Gasteiger charge is -1.65. The minimum atomic E-state index is -3.19. The van der Waals surface area contributed by atoms with Crippen LogP contribution in [0.5, 0.6) is 0 Å². The molecule has 0 aromatic rings. The second-order valence-corrected chi connectivity index (χ2v) is 6.44. The fraction of sp³-hybridized carbons (Fsp3) is 1.00. The summed E-state index contributed by atoms with van der Waals surface area (Å²) in [6.07, 6.45) is 0.925. The maximum atomic E-state index is 9.40. The molecule has 0 aliphatic carbocycles. The van der Waals surface area contributed by atoms with Crippen molar-refractivity contribution in [1.29, 1.82) is 0 Å². The monoisotopic (exact) mass is 232 g/mol. The highest BCUT2D eigenvalue weighted by Gasteiger charge is 1.83. The predicted molar refractivity (Wildman–Crippen MR) is 40.5 cm³/mol. The number of hydrogen-bond acceptors (Lipinski definition) is 3. The van der Waals surface area contributed by atoms with Crippen LogP contribution in [0.2, 0.25) is 0 Å². The molecule has 0 saturated carbocycles. The van der Waals surface area contributed by atoms with Crippen LogP contribution in [0, 0.1) is 0 Å². The van der Waals surface area contributed by atoms with Gasteiger partial charge < -0.3 is 0 Å². The van der Waals surface area contributed by atoms with E-state index in [-0.39, 0.29) is 0 Å². The fourth-order valence-electron chi connectivity index (χ4n) is 0. The molecule has 0 bridgehead atoms. The maximum Gasteiger partial charge on any atom is 0.229 e.